The van der Waals surface area contributed by atoms with E-state index >= 15 is 0 Å². The molecule has 1 aromatic carbocycles. The van der Waals surface area contributed by atoms with Crippen molar-refractivity contribution in [2.75, 3.05) is 33.4 Å². The molecule has 0 unspecified atom stereocenters. The minimum atomic E-state index is -0.514. The first-order valence-corrected chi connectivity index (χ1v) is 9.04. The summed E-state index contributed by atoms with van der Waals surface area (Å²) in [5.74, 6) is 0.676. The third kappa shape index (κ3) is 2.86. The van der Waals surface area contributed by atoms with Gasteiger partial charge in [-0.05, 0) is 18.6 Å². The summed E-state index contributed by atoms with van der Waals surface area (Å²) in [4.78, 5) is 31.4. The van der Waals surface area contributed by atoms with Crippen LogP contribution in [-0.4, -0.2) is 55.0 Å². The van der Waals surface area contributed by atoms with E-state index in [1.165, 1.54) is 0 Å². The number of nitrogens with zero attached hydrogens (tertiary/aromatic N) is 2. The first kappa shape index (κ1) is 17.0. The van der Waals surface area contributed by atoms with Crippen molar-refractivity contribution in [1.29, 1.82) is 0 Å². The van der Waals surface area contributed by atoms with Crippen LogP contribution < -0.4 is 5.32 Å². The van der Waals surface area contributed by atoms with E-state index in [0.717, 1.165) is 11.1 Å². The molecule has 0 saturated carbocycles. The number of aryl methyl sites for hydroxylation is 1. The second-order valence-electron chi connectivity index (χ2n) is 7.11. The van der Waals surface area contributed by atoms with Gasteiger partial charge in [0, 0.05) is 45.5 Å². The number of hydrogen-bond donors (Lipinski definition) is 1. The summed E-state index contributed by atoms with van der Waals surface area (Å²) in [5, 5.41) is 2.77. The summed E-state index contributed by atoms with van der Waals surface area (Å²) >= 11 is 0. The van der Waals surface area contributed by atoms with Crippen LogP contribution in [0.3, 0.4) is 0 Å². The fourth-order valence-corrected chi connectivity index (χ4v) is 4.16. The van der Waals surface area contributed by atoms with E-state index in [4.69, 9.17) is 9.15 Å². The molecule has 0 spiro atoms. The topological polar surface area (TPSA) is 84.7 Å². The van der Waals surface area contributed by atoms with Gasteiger partial charge in [-0.1, -0.05) is 12.1 Å². The molecule has 2 fully saturated rings. The maximum atomic E-state index is 12.7. The van der Waals surface area contributed by atoms with Crippen molar-refractivity contribution >= 4 is 22.9 Å². The molecule has 1 aromatic heterocycles. The van der Waals surface area contributed by atoms with Crippen LogP contribution in [0.4, 0.5) is 0 Å². The normalized spacial score (nSPS) is 25.3. The van der Waals surface area contributed by atoms with Crippen LogP contribution in [0.2, 0.25) is 0 Å². The van der Waals surface area contributed by atoms with Gasteiger partial charge in [0.1, 0.15) is 5.52 Å². The molecular weight excluding hydrogens is 334 g/mol. The number of hydrogen-bond acceptors (Lipinski definition) is 5. The predicted octanol–water partition coefficient (Wildman–Crippen LogP) is 1.37. The zero-order valence-corrected chi connectivity index (χ0v) is 14.9. The van der Waals surface area contributed by atoms with Crippen LogP contribution in [0.5, 0.6) is 0 Å². The number of amides is 2. The molecule has 26 heavy (non-hydrogen) atoms. The second-order valence-corrected chi connectivity index (χ2v) is 7.11. The SMILES string of the molecule is CNC(=O)[C@]12CCOC[C@H]1CN(C(=O)CCc1nc3ccccc3o1)C2. The van der Waals surface area contributed by atoms with Crippen LogP contribution in [0, 0.1) is 11.3 Å². The molecule has 1 N–H and O–H groups in total. The zero-order valence-electron chi connectivity index (χ0n) is 14.9. The van der Waals surface area contributed by atoms with Crippen LogP contribution in [0.1, 0.15) is 18.7 Å². The maximum Gasteiger partial charge on any atom is 0.228 e. The summed E-state index contributed by atoms with van der Waals surface area (Å²) in [6.07, 6.45) is 1.44. The Morgan fingerprint density at radius 1 is 1.38 bits per heavy atom. The van der Waals surface area contributed by atoms with Crippen molar-refractivity contribution in [3.8, 4) is 0 Å². The van der Waals surface area contributed by atoms with Crippen molar-refractivity contribution in [1.82, 2.24) is 15.2 Å². The van der Waals surface area contributed by atoms with Crippen molar-refractivity contribution in [2.24, 2.45) is 11.3 Å². The van der Waals surface area contributed by atoms with Gasteiger partial charge in [-0.2, -0.15) is 0 Å². The van der Waals surface area contributed by atoms with Crippen molar-refractivity contribution in [2.45, 2.75) is 19.3 Å². The molecular formula is C19H23N3O4. The minimum Gasteiger partial charge on any atom is -0.441 e. The number of fused-ring (bicyclic) bond motifs is 2. The largest absolute Gasteiger partial charge is 0.441 e. The second kappa shape index (κ2) is 6.72. The highest BCUT2D eigenvalue weighted by molar-refractivity contribution is 5.86. The van der Waals surface area contributed by atoms with Crippen LogP contribution in [0.15, 0.2) is 28.7 Å². The van der Waals surface area contributed by atoms with E-state index in [0.29, 0.717) is 51.5 Å². The van der Waals surface area contributed by atoms with Gasteiger partial charge >= 0.3 is 0 Å². The molecule has 0 radical (unpaired) electrons. The van der Waals surface area contributed by atoms with Gasteiger partial charge in [0.15, 0.2) is 11.5 Å². The fourth-order valence-electron chi connectivity index (χ4n) is 4.16. The van der Waals surface area contributed by atoms with Gasteiger partial charge in [-0.3, -0.25) is 9.59 Å². The highest BCUT2D eigenvalue weighted by Gasteiger charge is 2.54. The highest BCUT2D eigenvalue weighted by atomic mass is 16.5. The van der Waals surface area contributed by atoms with Crippen molar-refractivity contribution in [3.63, 3.8) is 0 Å². The molecule has 3 heterocycles. The Balaban J connectivity index is 1.42. The molecule has 2 amide bonds. The van der Waals surface area contributed by atoms with E-state index in [9.17, 15) is 9.59 Å². The Kier molecular flexibility index (Phi) is 4.40. The molecule has 4 rings (SSSR count). The molecule has 7 nitrogen and oxygen atoms in total. The lowest BCUT2D eigenvalue weighted by atomic mass is 9.73. The maximum absolute atomic E-state index is 12.7. The van der Waals surface area contributed by atoms with Gasteiger partial charge in [0.05, 0.1) is 12.0 Å². The monoisotopic (exact) mass is 357 g/mol. The number of aromatic nitrogens is 1. The summed E-state index contributed by atoms with van der Waals surface area (Å²) in [7, 11) is 1.65. The van der Waals surface area contributed by atoms with Gasteiger partial charge in [0.25, 0.3) is 0 Å². The molecule has 2 aliphatic rings. The number of oxazole rings is 1. The number of likely N-dealkylation sites (tertiary alicyclic amines) is 1. The van der Waals surface area contributed by atoms with Crippen LogP contribution >= 0.6 is 0 Å². The lowest BCUT2D eigenvalue weighted by Crippen LogP contribution is -2.49. The minimum absolute atomic E-state index is 0.0139. The Bertz CT molecular complexity index is 800. The van der Waals surface area contributed by atoms with E-state index in [2.05, 4.69) is 10.3 Å². The lowest BCUT2D eigenvalue weighted by Gasteiger charge is -2.36. The van der Waals surface area contributed by atoms with Gasteiger partial charge < -0.3 is 19.4 Å². The number of nitrogens with one attached hydrogen (secondary N) is 1. The molecule has 0 bridgehead atoms. The third-order valence-corrected chi connectivity index (χ3v) is 5.63. The first-order chi connectivity index (χ1) is 12.6. The van der Waals surface area contributed by atoms with Crippen LogP contribution in [0.25, 0.3) is 11.1 Å². The zero-order chi connectivity index (χ0) is 18.1. The lowest BCUT2D eigenvalue weighted by molar-refractivity contribution is -0.139. The quantitative estimate of drug-likeness (QED) is 0.893. The summed E-state index contributed by atoms with van der Waals surface area (Å²) < 4.78 is 11.2. The van der Waals surface area contributed by atoms with Crippen molar-refractivity contribution in [3.05, 3.63) is 30.2 Å². The number of ether oxygens (including phenoxy) is 1. The Morgan fingerprint density at radius 2 is 2.23 bits per heavy atom. The number of carbonyl (C=O) groups excluding carboxylic acids is 2. The summed E-state index contributed by atoms with van der Waals surface area (Å²) in [5.41, 5.74) is 1.02. The Labute approximate surface area is 151 Å². The Morgan fingerprint density at radius 3 is 3.04 bits per heavy atom. The fraction of sp³-hybridized carbons (Fsp3) is 0.526. The molecule has 2 saturated heterocycles. The van der Waals surface area contributed by atoms with E-state index in [1.807, 2.05) is 24.3 Å². The first-order valence-electron chi connectivity index (χ1n) is 9.04. The van der Waals surface area contributed by atoms with Crippen molar-refractivity contribution < 1.29 is 18.7 Å². The number of para-hydroxylation sites is 2. The standard InChI is InChI=1S/C19H23N3O4/c1-20-18(24)19-8-9-25-11-13(19)10-22(12-19)17(23)7-6-16-21-14-4-2-3-5-15(14)26-16/h2-5,13H,6-12H2,1H3,(H,20,24)/t13-,19+/m1/s1. The molecule has 2 atom stereocenters. The summed E-state index contributed by atoms with van der Waals surface area (Å²) in [6, 6.07) is 7.56. The predicted molar refractivity (Wildman–Crippen MR) is 94.3 cm³/mol. The summed E-state index contributed by atoms with van der Waals surface area (Å²) in [6.45, 7) is 2.13. The van der Waals surface area contributed by atoms with Crippen LogP contribution in [-0.2, 0) is 20.7 Å². The number of rotatable bonds is 4. The molecule has 2 aromatic rings. The smallest absolute Gasteiger partial charge is 0.228 e. The van der Waals surface area contributed by atoms with Gasteiger partial charge in [0.2, 0.25) is 11.8 Å². The van der Waals surface area contributed by atoms with E-state index in [-0.39, 0.29) is 17.7 Å². The molecule has 138 valence electrons. The molecule has 0 aliphatic carbocycles. The number of carbonyl (C=O) groups is 2. The average Bonchev–Trinajstić information content (AvgIpc) is 3.27. The average molecular weight is 357 g/mol. The van der Waals surface area contributed by atoms with Gasteiger partial charge in [-0.25, -0.2) is 4.98 Å². The third-order valence-electron chi connectivity index (χ3n) is 5.63. The highest BCUT2D eigenvalue weighted by Crippen LogP contribution is 2.42. The van der Waals surface area contributed by atoms with Gasteiger partial charge in [-0.15, -0.1) is 0 Å². The van der Waals surface area contributed by atoms with E-state index < -0.39 is 5.41 Å². The Hall–Kier alpha value is -2.41. The molecule has 7 heteroatoms. The number of benzene rings is 1. The van der Waals surface area contributed by atoms with E-state index in [1.54, 1.807) is 11.9 Å². The molecule has 2 aliphatic heterocycles.